The number of hydrogen-bond acceptors (Lipinski definition) is 5. The van der Waals surface area contributed by atoms with E-state index in [1.165, 1.54) is 0 Å². The lowest BCUT2D eigenvalue weighted by Gasteiger charge is -2.24. The minimum atomic E-state index is -1.53. The van der Waals surface area contributed by atoms with Gasteiger partial charge in [0, 0.05) is 0 Å². The molecular formula is C9H17NO5. The Labute approximate surface area is 88.0 Å². The summed E-state index contributed by atoms with van der Waals surface area (Å²) in [6.45, 7) is 4.93. The second kappa shape index (κ2) is 5.09. The van der Waals surface area contributed by atoms with Crippen LogP contribution in [-0.2, 0) is 14.3 Å². The molecule has 0 amide bonds. The molecule has 2 unspecified atom stereocenters. The lowest BCUT2D eigenvalue weighted by atomic mass is 10.0. The average molecular weight is 219 g/mol. The Morgan fingerprint density at radius 2 is 1.87 bits per heavy atom. The first kappa shape index (κ1) is 13.9. The Kier molecular flexibility index (Phi) is 4.70. The third-order valence-corrected chi connectivity index (χ3v) is 1.52. The van der Waals surface area contributed by atoms with Gasteiger partial charge in [0.05, 0.1) is 6.42 Å². The zero-order valence-corrected chi connectivity index (χ0v) is 9.06. The molecule has 0 aliphatic heterocycles. The monoisotopic (exact) mass is 219 g/mol. The molecule has 4 N–H and O–H groups in total. The first-order chi connectivity index (χ1) is 6.63. The van der Waals surface area contributed by atoms with Gasteiger partial charge in [0.25, 0.3) is 0 Å². The molecule has 0 rings (SSSR count). The van der Waals surface area contributed by atoms with Crippen LogP contribution < -0.4 is 5.73 Å². The van der Waals surface area contributed by atoms with Crippen molar-refractivity contribution >= 4 is 11.9 Å². The van der Waals surface area contributed by atoms with Gasteiger partial charge in [0.2, 0.25) is 0 Å². The van der Waals surface area contributed by atoms with E-state index < -0.39 is 36.1 Å². The number of esters is 1. The molecule has 0 saturated carbocycles. The summed E-state index contributed by atoms with van der Waals surface area (Å²) in [4.78, 5) is 21.8. The molecule has 0 fully saturated rings. The van der Waals surface area contributed by atoms with E-state index in [0.717, 1.165) is 0 Å². The van der Waals surface area contributed by atoms with Crippen LogP contribution in [0.1, 0.15) is 27.2 Å². The molecule has 0 saturated heterocycles. The third-order valence-electron chi connectivity index (χ3n) is 1.52. The maximum absolute atomic E-state index is 11.4. The SMILES string of the molecule is CC(C)(C)OC(=O)C(CC(=O)O)C(N)O. The van der Waals surface area contributed by atoms with Gasteiger partial charge >= 0.3 is 11.9 Å². The molecular weight excluding hydrogens is 202 g/mol. The van der Waals surface area contributed by atoms with E-state index in [4.69, 9.17) is 20.7 Å². The van der Waals surface area contributed by atoms with E-state index in [-0.39, 0.29) is 0 Å². The van der Waals surface area contributed by atoms with E-state index >= 15 is 0 Å². The number of carbonyl (C=O) groups is 2. The van der Waals surface area contributed by atoms with Gasteiger partial charge in [-0.3, -0.25) is 9.59 Å². The van der Waals surface area contributed by atoms with Crippen molar-refractivity contribution in [3.05, 3.63) is 0 Å². The number of hydrogen-bond donors (Lipinski definition) is 3. The van der Waals surface area contributed by atoms with E-state index in [1.54, 1.807) is 20.8 Å². The van der Waals surface area contributed by atoms with Crippen molar-refractivity contribution < 1.29 is 24.5 Å². The summed E-state index contributed by atoms with van der Waals surface area (Å²) in [5.41, 5.74) is 4.36. The minimum Gasteiger partial charge on any atom is -0.481 e. The highest BCUT2D eigenvalue weighted by atomic mass is 16.6. The number of aliphatic carboxylic acids is 1. The standard InChI is InChI=1S/C9H17NO5/c1-9(2,3)15-8(14)5(7(10)13)4-6(11)12/h5,7,13H,4,10H2,1-3H3,(H,11,12). The zero-order chi connectivity index (χ0) is 12.2. The van der Waals surface area contributed by atoms with Crippen LogP contribution in [0.5, 0.6) is 0 Å². The van der Waals surface area contributed by atoms with E-state index in [2.05, 4.69) is 0 Å². The predicted molar refractivity (Wildman–Crippen MR) is 51.8 cm³/mol. The molecule has 0 aliphatic rings. The van der Waals surface area contributed by atoms with Crippen LogP contribution in [-0.4, -0.2) is 34.0 Å². The number of carboxylic acid groups (broad SMARTS) is 1. The summed E-state index contributed by atoms with van der Waals surface area (Å²) in [6, 6.07) is 0. The molecule has 0 aliphatic carbocycles. The van der Waals surface area contributed by atoms with Gasteiger partial charge < -0.3 is 20.7 Å². The Morgan fingerprint density at radius 1 is 1.40 bits per heavy atom. The number of aliphatic hydroxyl groups excluding tert-OH is 1. The molecule has 0 spiro atoms. The molecule has 0 radical (unpaired) electrons. The van der Waals surface area contributed by atoms with Gasteiger partial charge in [-0.05, 0) is 20.8 Å². The number of ether oxygens (including phenoxy) is 1. The lowest BCUT2D eigenvalue weighted by molar-refractivity contribution is -0.167. The summed E-state index contributed by atoms with van der Waals surface area (Å²) in [6.07, 6.45) is -2.08. The number of carboxylic acids is 1. The molecule has 0 aromatic rings. The maximum atomic E-state index is 11.4. The van der Waals surface area contributed by atoms with Crippen molar-refractivity contribution in [1.82, 2.24) is 0 Å². The summed E-state index contributed by atoms with van der Waals surface area (Å²) in [5.74, 6) is -3.25. The fourth-order valence-electron chi connectivity index (χ4n) is 0.909. The van der Waals surface area contributed by atoms with Gasteiger partial charge in [-0.1, -0.05) is 0 Å². The fraction of sp³-hybridized carbons (Fsp3) is 0.778. The highest BCUT2D eigenvalue weighted by Crippen LogP contribution is 2.15. The van der Waals surface area contributed by atoms with Crippen LogP contribution in [0, 0.1) is 5.92 Å². The quantitative estimate of drug-likeness (QED) is 0.442. The van der Waals surface area contributed by atoms with Crippen molar-refractivity contribution in [3.63, 3.8) is 0 Å². The molecule has 0 bridgehead atoms. The van der Waals surface area contributed by atoms with Crippen LogP contribution in [0.3, 0.4) is 0 Å². The van der Waals surface area contributed by atoms with Crippen LogP contribution in [0.4, 0.5) is 0 Å². The highest BCUT2D eigenvalue weighted by molar-refractivity contribution is 5.79. The van der Waals surface area contributed by atoms with Crippen molar-refractivity contribution in [3.8, 4) is 0 Å². The Morgan fingerprint density at radius 3 is 2.13 bits per heavy atom. The van der Waals surface area contributed by atoms with E-state index in [9.17, 15) is 9.59 Å². The number of rotatable bonds is 4. The lowest BCUT2D eigenvalue weighted by Crippen LogP contribution is -2.40. The summed E-state index contributed by atoms with van der Waals surface area (Å²) in [7, 11) is 0. The Balaban J connectivity index is 4.50. The summed E-state index contributed by atoms with van der Waals surface area (Å²) >= 11 is 0. The second-order valence-electron chi connectivity index (χ2n) is 4.23. The molecule has 15 heavy (non-hydrogen) atoms. The van der Waals surface area contributed by atoms with Gasteiger partial charge in [0.15, 0.2) is 0 Å². The van der Waals surface area contributed by atoms with Gasteiger partial charge in [-0.2, -0.15) is 0 Å². The summed E-state index contributed by atoms with van der Waals surface area (Å²) < 4.78 is 4.92. The largest absolute Gasteiger partial charge is 0.481 e. The maximum Gasteiger partial charge on any atom is 0.314 e. The van der Waals surface area contributed by atoms with Crippen molar-refractivity contribution in [2.45, 2.75) is 39.0 Å². The molecule has 2 atom stereocenters. The normalized spacial score (nSPS) is 15.5. The number of aliphatic hydroxyl groups is 1. The first-order valence-corrected chi connectivity index (χ1v) is 4.52. The molecule has 6 heteroatoms. The summed E-state index contributed by atoms with van der Waals surface area (Å²) in [5, 5.41) is 17.5. The van der Waals surface area contributed by atoms with E-state index in [1.807, 2.05) is 0 Å². The van der Waals surface area contributed by atoms with Gasteiger partial charge in [0.1, 0.15) is 17.7 Å². The fourth-order valence-corrected chi connectivity index (χ4v) is 0.909. The second-order valence-corrected chi connectivity index (χ2v) is 4.23. The van der Waals surface area contributed by atoms with E-state index in [0.29, 0.717) is 0 Å². The first-order valence-electron chi connectivity index (χ1n) is 4.52. The molecule has 0 aromatic heterocycles. The Hall–Kier alpha value is -1.14. The molecule has 88 valence electrons. The topological polar surface area (TPSA) is 110 Å². The average Bonchev–Trinajstić information content (AvgIpc) is 1.95. The zero-order valence-electron chi connectivity index (χ0n) is 9.06. The van der Waals surface area contributed by atoms with Crippen molar-refractivity contribution in [2.75, 3.05) is 0 Å². The number of nitrogens with two attached hydrogens (primary N) is 1. The van der Waals surface area contributed by atoms with Crippen LogP contribution >= 0.6 is 0 Å². The van der Waals surface area contributed by atoms with Gasteiger partial charge in [-0.25, -0.2) is 0 Å². The minimum absolute atomic E-state index is 0.549. The predicted octanol–water partition coefficient (Wildman–Crippen LogP) is -0.304. The molecule has 0 heterocycles. The van der Waals surface area contributed by atoms with Crippen LogP contribution in [0.15, 0.2) is 0 Å². The third kappa shape index (κ3) is 6.03. The van der Waals surface area contributed by atoms with Gasteiger partial charge in [-0.15, -0.1) is 0 Å². The van der Waals surface area contributed by atoms with Crippen molar-refractivity contribution in [1.29, 1.82) is 0 Å². The highest BCUT2D eigenvalue weighted by Gasteiger charge is 2.31. The smallest absolute Gasteiger partial charge is 0.314 e. The van der Waals surface area contributed by atoms with Crippen LogP contribution in [0.2, 0.25) is 0 Å². The van der Waals surface area contributed by atoms with Crippen molar-refractivity contribution in [2.24, 2.45) is 11.7 Å². The molecule has 0 aromatic carbocycles. The Bertz CT molecular complexity index is 243. The van der Waals surface area contributed by atoms with Crippen LogP contribution in [0.25, 0.3) is 0 Å². The molecule has 6 nitrogen and oxygen atoms in total. The number of carbonyl (C=O) groups excluding carboxylic acids is 1.